The minimum absolute atomic E-state index is 0.314. The van der Waals surface area contributed by atoms with Crippen molar-refractivity contribution in [3.63, 3.8) is 0 Å². The van der Waals surface area contributed by atoms with E-state index in [1.165, 1.54) is 4.90 Å². The Bertz CT molecular complexity index is 976. The fourth-order valence-electron chi connectivity index (χ4n) is 4.32. The van der Waals surface area contributed by atoms with Gasteiger partial charge in [0.2, 0.25) is 0 Å². The Balaban J connectivity index is 1.57. The summed E-state index contributed by atoms with van der Waals surface area (Å²) in [7, 11) is 0. The zero-order chi connectivity index (χ0) is 28.1. The molecular weight excluding hydrogens is 486 g/mol. The Kier molecular flexibility index (Phi) is 16.3. The average Bonchev–Trinajstić information content (AvgIpc) is 3.25. The lowest BCUT2D eigenvalue weighted by Gasteiger charge is -2.24. The maximum Gasteiger partial charge on any atom is 0.417 e. The lowest BCUT2D eigenvalue weighted by Crippen LogP contribution is -2.44. The molecule has 1 fully saturated rings. The Morgan fingerprint density at radius 3 is 2.00 bits per heavy atom. The quantitative estimate of drug-likeness (QED) is 0.140. The molecule has 1 heterocycles. The number of unbranched alkanes of at least 4 members (excludes halogenated alkanes) is 2. The summed E-state index contributed by atoms with van der Waals surface area (Å²) >= 11 is 0. The van der Waals surface area contributed by atoms with Crippen LogP contribution >= 0.6 is 0 Å². The predicted octanol–water partition coefficient (Wildman–Crippen LogP) is 8.81. The van der Waals surface area contributed by atoms with Crippen LogP contribution in [0, 0.1) is 0 Å². The fraction of sp³-hybridized carbons (Fsp3) is 0.471. The largest absolute Gasteiger partial charge is 0.439 e. The van der Waals surface area contributed by atoms with Crippen molar-refractivity contribution in [2.75, 3.05) is 6.61 Å². The van der Waals surface area contributed by atoms with Crippen LogP contribution in [0.2, 0.25) is 0 Å². The van der Waals surface area contributed by atoms with Crippen molar-refractivity contribution in [3.05, 3.63) is 96.7 Å². The molecule has 2 rings (SSSR count). The van der Waals surface area contributed by atoms with Crippen LogP contribution in [-0.2, 0) is 14.3 Å². The zero-order valence-electron chi connectivity index (χ0n) is 24.0. The number of hydrogen-bond donors (Lipinski definition) is 0. The summed E-state index contributed by atoms with van der Waals surface area (Å²) in [6, 6.07) is 9.16. The van der Waals surface area contributed by atoms with E-state index in [-0.39, 0.29) is 11.9 Å². The van der Waals surface area contributed by atoms with Crippen molar-refractivity contribution in [2.24, 2.45) is 0 Å². The first-order valence-corrected chi connectivity index (χ1v) is 14.5. The van der Waals surface area contributed by atoms with Gasteiger partial charge in [0.05, 0.1) is 6.04 Å². The van der Waals surface area contributed by atoms with Crippen LogP contribution in [0.5, 0.6) is 0 Å². The molecule has 2 amide bonds. The second-order valence-electron chi connectivity index (χ2n) is 9.64. The van der Waals surface area contributed by atoms with Gasteiger partial charge in [0.1, 0.15) is 12.2 Å². The summed E-state index contributed by atoms with van der Waals surface area (Å²) in [6.45, 7) is 6.39. The molecule has 1 aliphatic rings. The molecule has 39 heavy (non-hydrogen) atoms. The third kappa shape index (κ3) is 12.0. The number of rotatable bonds is 18. The van der Waals surface area contributed by atoms with Crippen LogP contribution in [0.1, 0.15) is 90.2 Å². The number of cyclic esters (lactones) is 1. The molecule has 3 atom stereocenters. The SMILES string of the molecule is CC/C=C\C/C=C\C/C=C\C/C=C\C/C=C\CCCCOC(CC)C(=O)N1C(=O)O[C@H](c2ccccc2)[C@@H]1C. The van der Waals surface area contributed by atoms with Crippen LogP contribution in [-0.4, -0.2) is 35.7 Å². The zero-order valence-corrected chi connectivity index (χ0v) is 24.0. The molecule has 0 aliphatic carbocycles. The van der Waals surface area contributed by atoms with Gasteiger partial charge in [-0.25, -0.2) is 9.69 Å². The van der Waals surface area contributed by atoms with Gasteiger partial charge in [0.15, 0.2) is 0 Å². The number of allylic oxidation sites excluding steroid dienone is 10. The molecule has 5 nitrogen and oxygen atoms in total. The van der Waals surface area contributed by atoms with Gasteiger partial charge in [-0.2, -0.15) is 0 Å². The number of imide groups is 1. The highest BCUT2D eigenvalue weighted by Crippen LogP contribution is 2.33. The lowest BCUT2D eigenvalue weighted by atomic mass is 10.0. The van der Waals surface area contributed by atoms with Crippen molar-refractivity contribution < 1.29 is 19.1 Å². The van der Waals surface area contributed by atoms with Gasteiger partial charge in [0.25, 0.3) is 5.91 Å². The maximum absolute atomic E-state index is 13.1. The van der Waals surface area contributed by atoms with Crippen LogP contribution in [0.15, 0.2) is 91.1 Å². The lowest BCUT2D eigenvalue weighted by molar-refractivity contribution is -0.141. The summed E-state index contributed by atoms with van der Waals surface area (Å²) in [5.74, 6) is -0.314. The smallest absolute Gasteiger partial charge is 0.417 e. The van der Waals surface area contributed by atoms with E-state index in [9.17, 15) is 9.59 Å². The highest BCUT2D eigenvalue weighted by Gasteiger charge is 2.45. The van der Waals surface area contributed by atoms with Crippen LogP contribution < -0.4 is 0 Å². The van der Waals surface area contributed by atoms with E-state index >= 15 is 0 Å². The number of carbonyl (C=O) groups excluding carboxylic acids is 2. The van der Waals surface area contributed by atoms with Gasteiger partial charge in [-0.05, 0) is 70.3 Å². The van der Waals surface area contributed by atoms with E-state index in [0.717, 1.165) is 56.9 Å². The molecule has 0 bridgehead atoms. The Morgan fingerprint density at radius 1 is 0.872 bits per heavy atom. The molecule has 1 unspecified atom stereocenters. The van der Waals surface area contributed by atoms with Gasteiger partial charge in [-0.3, -0.25) is 4.79 Å². The molecule has 1 aliphatic heterocycles. The number of benzene rings is 1. The second-order valence-corrected chi connectivity index (χ2v) is 9.64. The molecule has 1 aromatic rings. The fourth-order valence-corrected chi connectivity index (χ4v) is 4.32. The van der Waals surface area contributed by atoms with Crippen LogP contribution in [0.25, 0.3) is 0 Å². The van der Waals surface area contributed by atoms with Crippen molar-refractivity contribution in [2.45, 2.75) is 96.8 Å². The van der Waals surface area contributed by atoms with Crippen molar-refractivity contribution >= 4 is 12.0 Å². The number of carbonyl (C=O) groups is 2. The normalized spacial score (nSPS) is 18.9. The van der Waals surface area contributed by atoms with E-state index in [4.69, 9.17) is 9.47 Å². The number of amides is 2. The highest BCUT2D eigenvalue weighted by atomic mass is 16.6. The van der Waals surface area contributed by atoms with E-state index < -0.39 is 18.3 Å². The summed E-state index contributed by atoms with van der Waals surface area (Å²) < 4.78 is 11.4. The number of hydrogen-bond acceptors (Lipinski definition) is 4. The molecule has 0 N–H and O–H groups in total. The number of ether oxygens (including phenoxy) is 2. The third-order valence-corrected chi connectivity index (χ3v) is 6.52. The van der Waals surface area contributed by atoms with Crippen LogP contribution in [0.3, 0.4) is 0 Å². The Morgan fingerprint density at radius 2 is 1.44 bits per heavy atom. The summed E-state index contributed by atoms with van der Waals surface area (Å²) in [4.78, 5) is 26.8. The van der Waals surface area contributed by atoms with E-state index in [1.807, 2.05) is 44.2 Å². The monoisotopic (exact) mass is 533 g/mol. The molecule has 1 saturated heterocycles. The minimum atomic E-state index is -0.636. The molecule has 0 saturated carbocycles. The van der Waals surface area contributed by atoms with E-state index in [0.29, 0.717) is 13.0 Å². The first-order chi connectivity index (χ1) is 19.1. The van der Waals surface area contributed by atoms with Gasteiger partial charge in [-0.1, -0.05) is 105 Å². The highest BCUT2D eigenvalue weighted by molar-refractivity contribution is 5.96. The van der Waals surface area contributed by atoms with Crippen molar-refractivity contribution in [3.8, 4) is 0 Å². The Labute approximate surface area is 236 Å². The van der Waals surface area contributed by atoms with Crippen molar-refractivity contribution in [1.29, 1.82) is 0 Å². The topological polar surface area (TPSA) is 55.8 Å². The van der Waals surface area contributed by atoms with Gasteiger partial charge in [0, 0.05) is 6.61 Å². The first kappa shape index (κ1) is 32.0. The summed E-state index contributed by atoms with van der Waals surface area (Å²) in [5, 5.41) is 0. The van der Waals surface area contributed by atoms with Gasteiger partial charge in [-0.15, -0.1) is 0 Å². The maximum atomic E-state index is 13.1. The molecular formula is C34H47NO4. The third-order valence-electron chi connectivity index (χ3n) is 6.52. The van der Waals surface area contributed by atoms with E-state index in [1.54, 1.807) is 0 Å². The first-order valence-electron chi connectivity index (χ1n) is 14.5. The predicted molar refractivity (Wildman–Crippen MR) is 160 cm³/mol. The molecule has 0 radical (unpaired) electrons. The van der Waals surface area contributed by atoms with E-state index in [2.05, 4.69) is 67.7 Å². The summed E-state index contributed by atoms with van der Waals surface area (Å²) in [5.41, 5.74) is 0.887. The van der Waals surface area contributed by atoms with Gasteiger partial charge >= 0.3 is 6.09 Å². The number of nitrogens with zero attached hydrogens (tertiary/aromatic N) is 1. The van der Waals surface area contributed by atoms with Gasteiger partial charge < -0.3 is 9.47 Å². The second kappa shape index (κ2) is 19.8. The van der Waals surface area contributed by atoms with Crippen molar-refractivity contribution in [1.82, 2.24) is 4.90 Å². The minimum Gasteiger partial charge on any atom is -0.439 e. The average molecular weight is 534 g/mol. The molecule has 0 spiro atoms. The molecule has 212 valence electrons. The molecule has 5 heteroatoms. The Hall–Kier alpha value is -3.18. The standard InChI is InChI=1S/C34H47NO4/c1-4-6-7-8-9-10-11-12-13-14-15-16-17-18-19-20-21-25-28-38-31(5-2)33(36)35-29(3)32(39-34(35)37)30-26-23-22-24-27-30/h6-7,9-10,12-13,15-16,18-19,22-24,26-27,29,31-32H,4-5,8,11,14,17,20-21,25,28H2,1-3H3/b7-6-,10-9-,13-12-,16-15-,19-18-/t29-,31?,32-/m0/s1. The summed E-state index contributed by atoms with van der Waals surface area (Å²) in [6.07, 6.45) is 28.7. The van der Waals surface area contributed by atoms with Crippen LogP contribution in [0.4, 0.5) is 4.79 Å². The molecule has 0 aromatic heterocycles. The molecule has 1 aromatic carbocycles.